The molecule has 0 saturated heterocycles. The van der Waals surface area contributed by atoms with Gasteiger partial charge in [0.2, 0.25) is 5.91 Å². The lowest BCUT2D eigenvalue weighted by atomic mass is 10.1. The highest BCUT2D eigenvalue weighted by Crippen LogP contribution is 2.16. The molecule has 5 nitrogen and oxygen atoms in total. The van der Waals surface area contributed by atoms with Gasteiger partial charge in [-0.05, 0) is 31.5 Å². The summed E-state index contributed by atoms with van der Waals surface area (Å²) in [5.41, 5.74) is 9.44. The monoisotopic (exact) mass is 272 g/mol. The van der Waals surface area contributed by atoms with Crippen LogP contribution in [0.5, 0.6) is 0 Å². The first kappa shape index (κ1) is 14.3. The quantitative estimate of drug-likeness (QED) is 0.865. The number of aromatic nitrogens is 2. The molecule has 0 aliphatic carbocycles. The zero-order valence-corrected chi connectivity index (χ0v) is 11.9. The molecule has 0 unspecified atom stereocenters. The zero-order valence-electron chi connectivity index (χ0n) is 11.9. The van der Waals surface area contributed by atoms with Gasteiger partial charge in [0.25, 0.3) is 0 Å². The Hall–Kier alpha value is -2.14. The average Bonchev–Trinajstić information content (AvgIpc) is 2.76. The Bertz CT molecular complexity index is 604. The Labute approximate surface area is 118 Å². The van der Waals surface area contributed by atoms with Gasteiger partial charge in [0.15, 0.2) is 0 Å². The standard InChI is InChI=1S/C15H20N4O/c1-11-9-12(2)19(18-11)14-6-4-3-5-13(14)10-17-15(20)7-8-16/h3-6,9H,7-8,10,16H2,1-2H3,(H,17,20). The van der Waals surface area contributed by atoms with E-state index in [4.69, 9.17) is 5.73 Å². The van der Waals surface area contributed by atoms with Crippen molar-refractivity contribution in [1.29, 1.82) is 0 Å². The van der Waals surface area contributed by atoms with Crippen molar-refractivity contribution in [3.8, 4) is 5.69 Å². The van der Waals surface area contributed by atoms with Gasteiger partial charge in [-0.25, -0.2) is 4.68 Å². The largest absolute Gasteiger partial charge is 0.352 e. The Morgan fingerprint density at radius 3 is 2.75 bits per heavy atom. The number of amides is 1. The van der Waals surface area contributed by atoms with Crippen molar-refractivity contribution < 1.29 is 4.79 Å². The fourth-order valence-electron chi connectivity index (χ4n) is 2.15. The summed E-state index contributed by atoms with van der Waals surface area (Å²) < 4.78 is 1.90. The summed E-state index contributed by atoms with van der Waals surface area (Å²) in [5.74, 6) is -0.0318. The van der Waals surface area contributed by atoms with Gasteiger partial charge in [0.1, 0.15) is 0 Å². The Morgan fingerprint density at radius 2 is 2.10 bits per heavy atom. The number of nitrogens with one attached hydrogen (secondary N) is 1. The second-order valence-corrected chi connectivity index (χ2v) is 4.78. The van der Waals surface area contributed by atoms with Crippen LogP contribution in [0.2, 0.25) is 0 Å². The number of para-hydroxylation sites is 1. The fraction of sp³-hybridized carbons (Fsp3) is 0.333. The normalized spacial score (nSPS) is 10.6. The average molecular weight is 272 g/mol. The molecule has 2 rings (SSSR count). The lowest BCUT2D eigenvalue weighted by molar-refractivity contribution is -0.121. The molecule has 0 spiro atoms. The molecule has 1 aromatic heterocycles. The van der Waals surface area contributed by atoms with Crippen LogP contribution in [0.1, 0.15) is 23.4 Å². The van der Waals surface area contributed by atoms with E-state index < -0.39 is 0 Å². The van der Waals surface area contributed by atoms with Crippen LogP contribution >= 0.6 is 0 Å². The van der Waals surface area contributed by atoms with Gasteiger partial charge in [0.05, 0.1) is 11.4 Å². The highest BCUT2D eigenvalue weighted by molar-refractivity contribution is 5.76. The molecule has 0 aliphatic rings. The molecule has 0 bridgehead atoms. The molecule has 3 N–H and O–H groups in total. The van der Waals surface area contributed by atoms with Crippen LogP contribution in [-0.4, -0.2) is 22.2 Å². The molecular formula is C15H20N4O. The lowest BCUT2D eigenvalue weighted by Gasteiger charge is -2.12. The third-order valence-corrected chi connectivity index (χ3v) is 3.08. The van der Waals surface area contributed by atoms with Crippen molar-refractivity contribution in [3.63, 3.8) is 0 Å². The van der Waals surface area contributed by atoms with Crippen molar-refractivity contribution in [1.82, 2.24) is 15.1 Å². The molecule has 1 aromatic carbocycles. The maximum absolute atomic E-state index is 11.5. The number of carbonyl (C=O) groups is 1. The second-order valence-electron chi connectivity index (χ2n) is 4.78. The van der Waals surface area contributed by atoms with E-state index in [1.807, 2.05) is 48.9 Å². The summed E-state index contributed by atoms with van der Waals surface area (Å²) in [6.45, 7) is 4.83. The molecule has 106 valence electrons. The number of hydrogen-bond donors (Lipinski definition) is 2. The summed E-state index contributed by atoms with van der Waals surface area (Å²) in [4.78, 5) is 11.5. The van der Waals surface area contributed by atoms with E-state index in [2.05, 4.69) is 10.4 Å². The number of carbonyl (C=O) groups excluding carboxylic acids is 1. The number of rotatable bonds is 5. The Balaban J connectivity index is 2.22. The van der Waals surface area contributed by atoms with Crippen molar-refractivity contribution in [2.75, 3.05) is 6.54 Å². The number of nitrogens with zero attached hydrogens (tertiary/aromatic N) is 2. The van der Waals surface area contributed by atoms with Gasteiger partial charge in [-0.15, -0.1) is 0 Å². The molecule has 0 fully saturated rings. The van der Waals surface area contributed by atoms with Gasteiger partial charge < -0.3 is 11.1 Å². The van der Waals surface area contributed by atoms with Crippen molar-refractivity contribution in [2.24, 2.45) is 5.73 Å². The Morgan fingerprint density at radius 1 is 1.35 bits per heavy atom. The summed E-state index contributed by atoms with van der Waals surface area (Å²) in [6.07, 6.45) is 0.349. The Kier molecular flexibility index (Phi) is 4.53. The van der Waals surface area contributed by atoms with Crippen LogP contribution in [0.15, 0.2) is 30.3 Å². The van der Waals surface area contributed by atoms with Crippen molar-refractivity contribution in [3.05, 3.63) is 47.3 Å². The summed E-state index contributed by atoms with van der Waals surface area (Å²) in [5, 5.41) is 7.36. The number of nitrogens with two attached hydrogens (primary N) is 1. The molecular weight excluding hydrogens is 252 g/mol. The van der Waals surface area contributed by atoms with E-state index in [0.29, 0.717) is 19.5 Å². The van der Waals surface area contributed by atoms with E-state index >= 15 is 0 Å². The number of hydrogen-bond acceptors (Lipinski definition) is 3. The molecule has 1 amide bonds. The van der Waals surface area contributed by atoms with Crippen LogP contribution in [-0.2, 0) is 11.3 Å². The van der Waals surface area contributed by atoms with Gasteiger partial charge in [0, 0.05) is 25.2 Å². The SMILES string of the molecule is Cc1cc(C)n(-c2ccccc2CNC(=O)CCN)n1. The van der Waals surface area contributed by atoms with Crippen LogP contribution in [0, 0.1) is 13.8 Å². The lowest BCUT2D eigenvalue weighted by Crippen LogP contribution is -2.25. The first-order chi connectivity index (χ1) is 9.61. The smallest absolute Gasteiger partial charge is 0.221 e. The maximum Gasteiger partial charge on any atom is 0.221 e. The van der Waals surface area contributed by atoms with Crippen molar-refractivity contribution >= 4 is 5.91 Å². The van der Waals surface area contributed by atoms with Gasteiger partial charge in [-0.1, -0.05) is 18.2 Å². The van der Waals surface area contributed by atoms with Gasteiger partial charge in [-0.3, -0.25) is 4.79 Å². The topological polar surface area (TPSA) is 72.9 Å². The first-order valence-corrected chi connectivity index (χ1v) is 6.70. The fourth-order valence-corrected chi connectivity index (χ4v) is 2.15. The molecule has 0 radical (unpaired) electrons. The number of benzene rings is 1. The van der Waals surface area contributed by atoms with E-state index in [-0.39, 0.29) is 5.91 Å². The molecule has 0 atom stereocenters. The number of aryl methyl sites for hydroxylation is 2. The molecule has 2 aromatic rings. The van der Waals surface area contributed by atoms with Crippen molar-refractivity contribution in [2.45, 2.75) is 26.8 Å². The van der Waals surface area contributed by atoms with Crippen LogP contribution in [0.4, 0.5) is 0 Å². The minimum Gasteiger partial charge on any atom is -0.352 e. The van der Waals surface area contributed by atoms with E-state index in [1.165, 1.54) is 0 Å². The molecule has 1 heterocycles. The molecule has 0 aliphatic heterocycles. The van der Waals surface area contributed by atoms with Crippen LogP contribution in [0.3, 0.4) is 0 Å². The van der Waals surface area contributed by atoms with Crippen LogP contribution < -0.4 is 11.1 Å². The van der Waals surface area contributed by atoms with Crippen LogP contribution in [0.25, 0.3) is 5.69 Å². The summed E-state index contributed by atoms with van der Waals surface area (Å²) in [7, 11) is 0. The highest BCUT2D eigenvalue weighted by Gasteiger charge is 2.09. The third kappa shape index (κ3) is 3.24. The maximum atomic E-state index is 11.5. The first-order valence-electron chi connectivity index (χ1n) is 6.70. The zero-order chi connectivity index (χ0) is 14.5. The summed E-state index contributed by atoms with van der Waals surface area (Å²) in [6, 6.07) is 9.96. The minimum atomic E-state index is -0.0318. The summed E-state index contributed by atoms with van der Waals surface area (Å²) >= 11 is 0. The van der Waals surface area contributed by atoms with E-state index in [0.717, 1.165) is 22.6 Å². The second kappa shape index (κ2) is 6.34. The van der Waals surface area contributed by atoms with Gasteiger partial charge in [-0.2, -0.15) is 5.10 Å². The van der Waals surface area contributed by atoms with E-state index in [1.54, 1.807) is 0 Å². The minimum absolute atomic E-state index is 0.0318. The predicted octanol–water partition coefficient (Wildman–Crippen LogP) is 1.45. The molecule has 5 heteroatoms. The van der Waals surface area contributed by atoms with E-state index in [9.17, 15) is 4.79 Å². The highest BCUT2D eigenvalue weighted by atomic mass is 16.1. The van der Waals surface area contributed by atoms with Gasteiger partial charge >= 0.3 is 0 Å². The predicted molar refractivity (Wildman–Crippen MR) is 78.6 cm³/mol. The third-order valence-electron chi connectivity index (χ3n) is 3.08. The molecule has 20 heavy (non-hydrogen) atoms. The molecule has 0 saturated carbocycles.